The van der Waals surface area contributed by atoms with Gasteiger partial charge in [0.1, 0.15) is 6.54 Å². The van der Waals surface area contributed by atoms with Crippen LogP contribution >= 0.6 is 0 Å². The lowest BCUT2D eigenvalue weighted by Gasteiger charge is -2.38. The molecule has 2 saturated heterocycles. The molecule has 0 aromatic heterocycles. The molecule has 148 valence electrons. The van der Waals surface area contributed by atoms with Crippen molar-refractivity contribution < 1.29 is 9.59 Å². The van der Waals surface area contributed by atoms with Gasteiger partial charge < -0.3 is 15.5 Å². The maximum Gasteiger partial charge on any atom is 0.317 e. The summed E-state index contributed by atoms with van der Waals surface area (Å²) >= 11 is 0. The zero-order chi connectivity index (χ0) is 19.2. The van der Waals surface area contributed by atoms with Crippen LogP contribution in [0.5, 0.6) is 0 Å². The number of likely N-dealkylation sites (tertiary alicyclic amines) is 1. The van der Waals surface area contributed by atoms with Gasteiger partial charge in [-0.2, -0.15) is 0 Å². The third-order valence-electron chi connectivity index (χ3n) is 5.80. The van der Waals surface area contributed by atoms with E-state index >= 15 is 0 Å². The van der Waals surface area contributed by atoms with E-state index in [1.807, 2.05) is 0 Å². The number of carbonyl (C=O) groups is 2. The molecule has 2 heterocycles. The molecular weight excluding hydrogens is 340 g/mol. The number of nitrogens with zero attached hydrogens (tertiary/aromatic N) is 2. The van der Waals surface area contributed by atoms with Crippen molar-refractivity contribution in [1.29, 1.82) is 0 Å². The highest BCUT2D eigenvalue weighted by Crippen LogP contribution is 2.28. The summed E-state index contributed by atoms with van der Waals surface area (Å²) in [5, 5.41) is 5.91. The number of amides is 3. The van der Waals surface area contributed by atoms with Crippen LogP contribution in [0.3, 0.4) is 0 Å². The summed E-state index contributed by atoms with van der Waals surface area (Å²) in [6.07, 6.45) is 3.19. The molecule has 3 amide bonds. The van der Waals surface area contributed by atoms with Gasteiger partial charge in [-0.05, 0) is 56.3 Å². The number of carbonyl (C=O) groups excluding carboxylic acids is 2. The quantitative estimate of drug-likeness (QED) is 0.852. The molecule has 1 atom stereocenters. The number of piperidine rings is 1. The summed E-state index contributed by atoms with van der Waals surface area (Å²) < 4.78 is 0. The fraction of sp³-hybridized carbons (Fsp3) is 0.619. The van der Waals surface area contributed by atoms with E-state index in [0.29, 0.717) is 19.6 Å². The van der Waals surface area contributed by atoms with E-state index in [0.717, 1.165) is 25.4 Å². The number of urea groups is 1. The van der Waals surface area contributed by atoms with Crippen LogP contribution < -0.4 is 10.6 Å². The zero-order valence-corrected chi connectivity index (χ0v) is 16.5. The molecule has 0 saturated carbocycles. The van der Waals surface area contributed by atoms with Crippen LogP contribution in [-0.2, 0) is 4.79 Å². The predicted octanol–water partition coefficient (Wildman–Crippen LogP) is 2.30. The Labute approximate surface area is 162 Å². The predicted molar refractivity (Wildman–Crippen MR) is 106 cm³/mol. The third kappa shape index (κ3) is 5.22. The first-order chi connectivity index (χ1) is 13.0. The first-order valence-corrected chi connectivity index (χ1v) is 10.1. The molecule has 27 heavy (non-hydrogen) atoms. The van der Waals surface area contributed by atoms with Crippen molar-refractivity contribution in [2.24, 2.45) is 5.92 Å². The van der Waals surface area contributed by atoms with E-state index in [4.69, 9.17) is 0 Å². The average molecular weight is 373 g/mol. The van der Waals surface area contributed by atoms with Gasteiger partial charge >= 0.3 is 6.03 Å². The second-order valence-corrected chi connectivity index (χ2v) is 7.90. The molecule has 0 radical (unpaired) electrons. The van der Waals surface area contributed by atoms with E-state index in [1.165, 1.54) is 24.0 Å². The number of aryl methyl sites for hydroxylation is 1. The lowest BCUT2D eigenvalue weighted by Crippen LogP contribution is -2.47. The van der Waals surface area contributed by atoms with E-state index < -0.39 is 0 Å². The van der Waals surface area contributed by atoms with Gasteiger partial charge in [-0.3, -0.25) is 9.69 Å². The van der Waals surface area contributed by atoms with Crippen LogP contribution in [0.25, 0.3) is 0 Å². The summed E-state index contributed by atoms with van der Waals surface area (Å²) in [5.74, 6) is 0.687. The Morgan fingerprint density at radius 1 is 1.26 bits per heavy atom. The number of nitrogens with one attached hydrogen (secondary N) is 2. The van der Waals surface area contributed by atoms with Crippen LogP contribution in [-0.4, -0.2) is 61.0 Å². The molecule has 2 aliphatic rings. The lowest BCUT2D eigenvalue weighted by molar-refractivity contribution is -0.121. The van der Waals surface area contributed by atoms with E-state index in [9.17, 15) is 9.59 Å². The molecule has 2 N–H and O–H groups in total. The highest BCUT2D eigenvalue weighted by Gasteiger charge is 2.27. The van der Waals surface area contributed by atoms with Gasteiger partial charge in [-0.25, -0.2) is 4.79 Å². The standard InChI is InChI=1S/C21H32N4O2/c1-16-8-12-24(13-9-16)19(18-7-4-3-6-17(18)2)14-23-21(27)25-11-5-10-22-20(26)15-25/h3-4,6-7,16,19H,5,8-15H2,1-2H3,(H,22,26)(H,23,27)/t19-/m0/s1. The van der Waals surface area contributed by atoms with Crippen molar-refractivity contribution >= 4 is 11.9 Å². The Morgan fingerprint density at radius 3 is 2.74 bits per heavy atom. The van der Waals surface area contributed by atoms with Crippen molar-refractivity contribution in [3.63, 3.8) is 0 Å². The van der Waals surface area contributed by atoms with Gasteiger partial charge in [0.15, 0.2) is 0 Å². The van der Waals surface area contributed by atoms with Crippen molar-refractivity contribution in [3.8, 4) is 0 Å². The van der Waals surface area contributed by atoms with Crippen molar-refractivity contribution in [3.05, 3.63) is 35.4 Å². The van der Waals surface area contributed by atoms with Gasteiger partial charge in [0.2, 0.25) is 5.91 Å². The van der Waals surface area contributed by atoms with Gasteiger partial charge in [0.05, 0.1) is 6.04 Å². The minimum Gasteiger partial charge on any atom is -0.354 e. The van der Waals surface area contributed by atoms with E-state index in [1.54, 1.807) is 4.90 Å². The second-order valence-electron chi connectivity index (χ2n) is 7.90. The molecule has 0 spiro atoms. The van der Waals surface area contributed by atoms with Crippen molar-refractivity contribution in [2.45, 2.75) is 39.2 Å². The van der Waals surface area contributed by atoms with Gasteiger partial charge in [-0.15, -0.1) is 0 Å². The van der Waals surface area contributed by atoms with Gasteiger partial charge in [0, 0.05) is 19.6 Å². The molecule has 0 unspecified atom stereocenters. The zero-order valence-electron chi connectivity index (χ0n) is 16.5. The Morgan fingerprint density at radius 2 is 2.00 bits per heavy atom. The number of rotatable bonds is 4. The molecule has 6 heteroatoms. The van der Waals surface area contributed by atoms with E-state index in [-0.39, 0.29) is 24.5 Å². The van der Waals surface area contributed by atoms with Crippen LogP contribution in [0.4, 0.5) is 4.79 Å². The molecule has 6 nitrogen and oxygen atoms in total. The fourth-order valence-electron chi connectivity index (χ4n) is 4.01. The Bertz CT molecular complexity index is 655. The SMILES string of the molecule is Cc1ccccc1[C@H](CNC(=O)N1CCCNC(=O)C1)N1CCC(C)CC1. The molecule has 1 aromatic carbocycles. The van der Waals surface area contributed by atoms with Crippen molar-refractivity contribution in [2.75, 3.05) is 39.3 Å². The molecule has 0 aliphatic carbocycles. The molecule has 2 fully saturated rings. The average Bonchev–Trinajstić information content (AvgIpc) is 2.89. The topological polar surface area (TPSA) is 64.7 Å². The lowest BCUT2D eigenvalue weighted by atomic mass is 9.94. The van der Waals surface area contributed by atoms with Crippen molar-refractivity contribution in [1.82, 2.24) is 20.4 Å². The van der Waals surface area contributed by atoms with Crippen LogP contribution in [0.1, 0.15) is 43.4 Å². The second kappa shape index (κ2) is 9.22. The summed E-state index contributed by atoms with van der Waals surface area (Å²) in [5.41, 5.74) is 2.53. The molecule has 1 aromatic rings. The Balaban J connectivity index is 1.68. The number of benzene rings is 1. The minimum atomic E-state index is -0.143. The van der Waals surface area contributed by atoms with Crippen LogP contribution in [0, 0.1) is 12.8 Å². The number of hydrogen-bond acceptors (Lipinski definition) is 3. The molecule has 2 aliphatic heterocycles. The molecule has 0 bridgehead atoms. The van der Waals surface area contributed by atoms with E-state index in [2.05, 4.69) is 53.6 Å². The van der Waals surface area contributed by atoms with Crippen LogP contribution in [0.15, 0.2) is 24.3 Å². The monoisotopic (exact) mass is 372 g/mol. The Kier molecular flexibility index (Phi) is 6.72. The Hall–Kier alpha value is -2.08. The first kappa shape index (κ1) is 19.7. The first-order valence-electron chi connectivity index (χ1n) is 10.1. The number of hydrogen-bond donors (Lipinski definition) is 2. The molecular formula is C21H32N4O2. The fourth-order valence-corrected chi connectivity index (χ4v) is 4.01. The highest BCUT2D eigenvalue weighted by molar-refractivity contribution is 5.84. The maximum absolute atomic E-state index is 12.7. The summed E-state index contributed by atoms with van der Waals surface area (Å²) in [7, 11) is 0. The summed E-state index contributed by atoms with van der Waals surface area (Å²) in [6.45, 7) is 8.52. The largest absolute Gasteiger partial charge is 0.354 e. The van der Waals surface area contributed by atoms with Gasteiger partial charge in [0.25, 0.3) is 0 Å². The van der Waals surface area contributed by atoms with Crippen LogP contribution in [0.2, 0.25) is 0 Å². The van der Waals surface area contributed by atoms with Gasteiger partial charge in [-0.1, -0.05) is 31.2 Å². The maximum atomic E-state index is 12.7. The minimum absolute atomic E-state index is 0.0804. The molecule has 3 rings (SSSR count). The smallest absolute Gasteiger partial charge is 0.317 e. The normalized spacial score (nSPS) is 20.7. The summed E-state index contributed by atoms with van der Waals surface area (Å²) in [6, 6.07) is 8.46. The summed E-state index contributed by atoms with van der Waals surface area (Å²) in [4.78, 5) is 28.5. The highest BCUT2D eigenvalue weighted by atomic mass is 16.2. The third-order valence-corrected chi connectivity index (χ3v) is 5.80.